The van der Waals surface area contributed by atoms with Gasteiger partial charge in [0.15, 0.2) is 11.6 Å². The number of nitrogens with two attached hydrogens (primary N) is 1. The molecule has 41 heavy (non-hydrogen) atoms. The van der Waals surface area contributed by atoms with Gasteiger partial charge in [-0.1, -0.05) is 0 Å². The maximum atomic E-state index is 6.16. The molecule has 0 radical (unpaired) electrons. The number of hydrogen-bond acceptors (Lipinski definition) is 10. The number of piperidine rings is 1. The Morgan fingerprint density at radius 3 is 2.56 bits per heavy atom. The second kappa shape index (κ2) is 12.1. The number of likely N-dealkylation sites (tertiary alicyclic amines) is 1. The number of anilines is 1. The number of ether oxygens (including phenoxy) is 2. The van der Waals surface area contributed by atoms with Gasteiger partial charge >= 0.3 is 0 Å². The number of nitrogens with one attached hydrogen (secondary N) is 1. The van der Waals surface area contributed by atoms with Gasteiger partial charge in [0, 0.05) is 31.5 Å². The van der Waals surface area contributed by atoms with Crippen molar-refractivity contribution >= 4 is 12.0 Å². The Balaban J connectivity index is 1.10. The van der Waals surface area contributed by atoms with Crippen LogP contribution in [0.4, 0.5) is 5.82 Å². The zero-order chi connectivity index (χ0) is 28.3. The van der Waals surface area contributed by atoms with Gasteiger partial charge < -0.3 is 25.4 Å². The number of nitrogens with zero attached hydrogens (tertiary/aromatic N) is 7. The predicted molar refractivity (Wildman–Crippen MR) is 159 cm³/mol. The Morgan fingerprint density at radius 2 is 1.80 bits per heavy atom. The summed E-state index contributed by atoms with van der Waals surface area (Å²) in [5, 5.41) is 15.1. The second-order valence-electron chi connectivity index (χ2n) is 11.5. The van der Waals surface area contributed by atoms with E-state index in [-0.39, 0.29) is 11.9 Å². The zero-order valence-corrected chi connectivity index (χ0v) is 24.3. The lowest BCUT2D eigenvalue weighted by Gasteiger charge is -2.30. The lowest BCUT2D eigenvalue weighted by atomic mass is 9.97. The van der Waals surface area contributed by atoms with Gasteiger partial charge in [-0.05, 0) is 88.5 Å². The van der Waals surface area contributed by atoms with E-state index in [9.17, 15) is 0 Å². The Hall–Kier alpha value is -3.54. The van der Waals surface area contributed by atoms with Crippen LogP contribution in [0.2, 0.25) is 0 Å². The highest BCUT2D eigenvalue weighted by atomic mass is 16.5. The summed E-state index contributed by atoms with van der Waals surface area (Å²) in [6.07, 6.45) is 11.6. The first kappa shape index (κ1) is 27.6. The summed E-state index contributed by atoms with van der Waals surface area (Å²) in [6.45, 7) is 9.76. The number of rotatable bonds is 8. The molecule has 0 bridgehead atoms. The number of benzene rings is 1. The van der Waals surface area contributed by atoms with Gasteiger partial charge in [0.05, 0.1) is 49.0 Å². The maximum Gasteiger partial charge on any atom is 0.263 e. The van der Waals surface area contributed by atoms with E-state index in [0.717, 1.165) is 76.3 Å². The molecule has 3 aliphatic rings. The molecule has 3 aliphatic heterocycles. The number of aromatic nitrogens is 4. The van der Waals surface area contributed by atoms with E-state index in [0.29, 0.717) is 23.7 Å². The average molecular weight is 560 g/mol. The highest BCUT2D eigenvalue weighted by Crippen LogP contribution is 2.30. The lowest BCUT2D eigenvalue weighted by Crippen LogP contribution is -2.40. The van der Waals surface area contributed by atoms with Crippen LogP contribution < -0.4 is 15.8 Å². The molecule has 0 aliphatic carbocycles. The first-order valence-electron chi connectivity index (χ1n) is 14.7. The third-order valence-corrected chi connectivity index (χ3v) is 8.55. The summed E-state index contributed by atoms with van der Waals surface area (Å²) in [5.74, 6) is 1.16. The van der Waals surface area contributed by atoms with E-state index in [1.807, 2.05) is 17.1 Å². The highest BCUT2D eigenvalue weighted by Gasteiger charge is 2.26. The largest absolute Gasteiger partial charge is 0.433 e. The standard InChI is InChI=1S/C30H41N9O2/c1-20-12-22(13-21(2)27(20)16-32-23-14-34-38(18-23)25-6-10-40-11-7-25)28-17-33-29(31)30(36-28)41-26-15-35-39(19-26)24-4-8-37(3)9-5-24/h12-15,17,19,23-25,32H,4-11,16,18H2,1-3H3,(H2,31,33). The molecule has 1 aromatic carbocycles. The molecule has 218 valence electrons. The highest BCUT2D eigenvalue weighted by molar-refractivity contribution is 5.67. The third kappa shape index (κ3) is 6.37. The van der Waals surface area contributed by atoms with Gasteiger partial charge in [-0.25, -0.2) is 9.97 Å². The summed E-state index contributed by atoms with van der Waals surface area (Å²) < 4.78 is 13.6. The molecule has 3 aromatic rings. The summed E-state index contributed by atoms with van der Waals surface area (Å²) >= 11 is 0. The van der Waals surface area contributed by atoms with Crippen molar-refractivity contribution in [1.29, 1.82) is 0 Å². The minimum Gasteiger partial charge on any atom is -0.433 e. The van der Waals surface area contributed by atoms with Crippen molar-refractivity contribution in [2.45, 2.75) is 64.2 Å². The quantitative estimate of drug-likeness (QED) is 0.427. The molecule has 3 N–H and O–H groups in total. The Kier molecular flexibility index (Phi) is 8.18. The third-order valence-electron chi connectivity index (χ3n) is 8.55. The van der Waals surface area contributed by atoms with Gasteiger partial charge in [-0.3, -0.25) is 9.69 Å². The van der Waals surface area contributed by atoms with Crippen molar-refractivity contribution in [3.05, 3.63) is 47.4 Å². The molecule has 0 spiro atoms. The van der Waals surface area contributed by atoms with Crippen LogP contribution in [-0.2, 0) is 11.3 Å². The van der Waals surface area contributed by atoms with E-state index in [1.54, 1.807) is 12.4 Å². The summed E-state index contributed by atoms with van der Waals surface area (Å²) in [7, 11) is 2.16. The van der Waals surface area contributed by atoms with E-state index in [2.05, 4.69) is 63.4 Å². The molecule has 2 aromatic heterocycles. The topological polar surface area (TPSA) is 119 Å². The SMILES string of the molecule is Cc1cc(-c2cnc(N)c(Oc3cnn(C4CCN(C)CC4)c3)n2)cc(C)c1CNC1C=NN(C2CCOCC2)C1. The van der Waals surface area contributed by atoms with Gasteiger partial charge in [0.25, 0.3) is 5.88 Å². The second-order valence-corrected chi connectivity index (χ2v) is 11.5. The Bertz CT molecular complexity index is 1350. The van der Waals surface area contributed by atoms with Gasteiger partial charge in [0.1, 0.15) is 0 Å². The van der Waals surface area contributed by atoms with Crippen LogP contribution in [0.3, 0.4) is 0 Å². The summed E-state index contributed by atoms with van der Waals surface area (Å²) in [5.41, 5.74) is 11.5. The number of nitrogen functional groups attached to an aromatic ring is 1. The molecule has 11 nitrogen and oxygen atoms in total. The monoisotopic (exact) mass is 559 g/mol. The molecule has 0 saturated carbocycles. The number of aryl methyl sites for hydroxylation is 2. The van der Waals surface area contributed by atoms with E-state index in [4.69, 9.17) is 20.2 Å². The van der Waals surface area contributed by atoms with Crippen LogP contribution in [0.1, 0.15) is 48.4 Å². The lowest BCUT2D eigenvalue weighted by molar-refractivity contribution is 0.0376. The van der Waals surface area contributed by atoms with Crippen molar-refractivity contribution in [2.24, 2.45) is 5.10 Å². The van der Waals surface area contributed by atoms with E-state index < -0.39 is 0 Å². The van der Waals surface area contributed by atoms with Crippen molar-refractivity contribution in [2.75, 3.05) is 45.6 Å². The average Bonchev–Trinajstić information content (AvgIpc) is 3.65. The van der Waals surface area contributed by atoms with Crippen LogP contribution in [-0.4, -0.2) is 87.9 Å². The maximum absolute atomic E-state index is 6.16. The van der Waals surface area contributed by atoms with Crippen LogP contribution in [0.25, 0.3) is 11.3 Å². The fourth-order valence-electron chi connectivity index (χ4n) is 6.00. The fraction of sp³-hybridized carbons (Fsp3) is 0.533. The normalized spacial score (nSPS) is 20.7. The van der Waals surface area contributed by atoms with Gasteiger partial charge in [-0.15, -0.1) is 0 Å². The minimum atomic E-state index is 0.239. The minimum absolute atomic E-state index is 0.239. The molecule has 11 heteroatoms. The molecule has 5 heterocycles. The van der Waals surface area contributed by atoms with Crippen LogP contribution in [0, 0.1) is 13.8 Å². The van der Waals surface area contributed by atoms with Gasteiger partial charge in [-0.2, -0.15) is 10.2 Å². The Morgan fingerprint density at radius 1 is 1.05 bits per heavy atom. The predicted octanol–water partition coefficient (Wildman–Crippen LogP) is 3.54. The molecule has 2 saturated heterocycles. The molecular weight excluding hydrogens is 518 g/mol. The summed E-state index contributed by atoms with van der Waals surface area (Å²) in [6, 6.07) is 5.42. The zero-order valence-electron chi connectivity index (χ0n) is 24.3. The number of hydrogen-bond donors (Lipinski definition) is 2. The summed E-state index contributed by atoms with van der Waals surface area (Å²) in [4.78, 5) is 11.5. The molecular formula is C30H41N9O2. The Labute approximate surface area is 241 Å². The van der Waals surface area contributed by atoms with E-state index >= 15 is 0 Å². The molecule has 1 atom stereocenters. The van der Waals surface area contributed by atoms with Crippen molar-refractivity contribution in [3.63, 3.8) is 0 Å². The first-order valence-corrected chi connectivity index (χ1v) is 14.7. The van der Waals surface area contributed by atoms with Gasteiger partial charge in [0.2, 0.25) is 0 Å². The molecule has 6 rings (SSSR count). The van der Waals surface area contributed by atoms with Crippen LogP contribution in [0.15, 0.2) is 35.8 Å². The van der Waals surface area contributed by atoms with E-state index in [1.165, 1.54) is 16.7 Å². The van der Waals surface area contributed by atoms with Crippen molar-refractivity contribution in [3.8, 4) is 22.9 Å². The first-order chi connectivity index (χ1) is 19.9. The van der Waals surface area contributed by atoms with Crippen molar-refractivity contribution in [1.82, 2.24) is 35.0 Å². The molecule has 1 unspecified atom stereocenters. The van der Waals surface area contributed by atoms with Crippen LogP contribution >= 0.6 is 0 Å². The fourth-order valence-corrected chi connectivity index (χ4v) is 6.00. The smallest absolute Gasteiger partial charge is 0.263 e. The molecule has 0 amide bonds. The van der Waals surface area contributed by atoms with Crippen LogP contribution in [0.5, 0.6) is 11.6 Å². The molecule has 2 fully saturated rings. The van der Waals surface area contributed by atoms with Crippen molar-refractivity contribution < 1.29 is 9.47 Å². The number of hydrazone groups is 1.